The number of hydrogen-bond acceptors (Lipinski definition) is 3. The summed E-state index contributed by atoms with van der Waals surface area (Å²) < 4.78 is 11.1. The highest BCUT2D eigenvalue weighted by Crippen LogP contribution is 2.23. The Hall–Kier alpha value is -0.320. The van der Waals surface area contributed by atoms with E-state index < -0.39 is 0 Å². The van der Waals surface area contributed by atoms with E-state index in [4.69, 9.17) is 21.1 Å². The van der Waals surface area contributed by atoms with Gasteiger partial charge in [-0.15, -0.1) is 11.6 Å². The third-order valence-electron chi connectivity index (χ3n) is 3.36. The van der Waals surface area contributed by atoms with Gasteiger partial charge in [-0.1, -0.05) is 0 Å². The summed E-state index contributed by atoms with van der Waals surface area (Å²) in [6.45, 7) is 5.81. The van der Waals surface area contributed by atoms with Crippen LogP contribution in [-0.2, 0) is 14.3 Å². The van der Waals surface area contributed by atoms with Gasteiger partial charge < -0.3 is 14.4 Å². The Morgan fingerprint density at radius 3 is 2.71 bits per heavy atom. The van der Waals surface area contributed by atoms with Crippen LogP contribution in [0.15, 0.2) is 0 Å². The molecule has 1 amide bonds. The zero-order valence-electron chi connectivity index (χ0n) is 10.4. The number of rotatable bonds is 2. The average molecular weight is 262 g/mol. The van der Waals surface area contributed by atoms with Crippen molar-refractivity contribution in [2.45, 2.75) is 38.6 Å². The molecule has 0 aromatic rings. The van der Waals surface area contributed by atoms with E-state index in [9.17, 15) is 4.79 Å². The van der Waals surface area contributed by atoms with Gasteiger partial charge in [0.1, 0.15) is 0 Å². The Morgan fingerprint density at radius 1 is 1.35 bits per heavy atom. The van der Waals surface area contributed by atoms with Gasteiger partial charge in [0.25, 0.3) is 0 Å². The lowest BCUT2D eigenvalue weighted by Gasteiger charge is -2.37. The van der Waals surface area contributed by atoms with Crippen LogP contribution < -0.4 is 0 Å². The maximum Gasteiger partial charge on any atom is 0.228 e. The second-order valence-electron chi connectivity index (χ2n) is 5.04. The van der Waals surface area contributed by atoms with Gasteiger partial charge in [0.15, 0.2) is 0 Å². The molecule has 0 aliphatic carbocycles. The van der Waals surface area contributed by atoms with Crippen molar-refractivity contribution in [2.75, 3.05) is 25.6 Å². The van der Waals surface area contributed by atoms with Gasteiger partial charge >= 0.3 is 0 Å². The van der Waals surface area contributed by atoms with Crippen LogP contribution in [0.25, 0.3) is 0 Å². The Bertz CT molecular complexity index is 287. The Labute approximate surface area is 107 Å². The molecule has 0 bridgehead atoms. The number of carbonyl (C=O) groups is 1. The van der Waals surface area contributed by atoms with Crippen LogP contribution in [0.2, 0.25) is 0 Å². The zero-order chi connectivity index (χ0) is 12.4. The van der Waals surface area contributed by atoms with Crippen LogP contribution >= 0.6 is 11.6 Å². The minimum Gasteiger partial charge on any atom is -0.378 e. The maximum absolute atomic E-state index is 12.3. The first kappa shape index (κ1) is 13.1. The predicted octanol–water partition coefficient (Wildman–Crippen LogP) is 1.27. The molecule has 17 heavy (non-hydrogen) atoms. The zero-order valence-corrected chi connectivity index (χ0v) is 11.2. The topological polar surface area (TPSA) is 38.8 Å². The van der Waals surface area contributed by atoms with Crippen molar-refractivity contribution in [3.8, 4) is 0 Å². The smallest absolute Gasteiger partial charge is 0.228 e. The fraction of sp³-hybridized carbons (Fsp3) is 0.917. The molecular formula is C12H20ClNO3. The molecule has 5 heteroatoms. The van der Waals surface area contributed by atoms with Crippen molar-refractivity contribution < 1.29 is 14.3 Å². The molecule has 0 radical (unpaired) electrons. The number of hydrogen-bond donors (Lipinski definition) is 0. The number of nitrogens with zero attached hydrogens (tertiary/aromatic N) is 1. The van der Waals surface area contributed by atoms with Gasteiger partial charge in [-0.05, 0) is 20.3 Å². The van der Waals surface area contributed by atoms with Crippen molar-refractivity contribution in [3.05, 3.63) is 0 Å². The lowest BCUT2D eigenvalue weighted by Crippen LogP contribution is -2.51. The third-order valence-corrected chi connectivity index (χ3v) is 3.70. The van der Waals surface area contributed by atoms with Crippen LogP contribution in [0, 0.1) is 5.92 Å². The fourth-order valence-corrected chi connectivity index (χ4v) is 2.73. The van der Waals surface area contributed by atoms with Crippen LogP contribution in [0.5, 0.6) is 0 Å². The SMILES string of the molecule is CC1CC(C(=O)N2CC(C)OC(CCl)C2)CO1. The molecule has 2 saturated heterocycles. The first-order chi connectivity index (χ1) is 8.10. The Balaban J connectivity index is 1.94. The van der Waals surface area contributed by atoms with Crippen molar-refractivity contribution in [3.63, 3.8) is 0 Å². The molecule has 98 valence electrons. The van der Waals surface area contributed by atoms with E-state index in [0.717, 1.165) is 6.42 Å². The molecule has 0 aromatic heterocycles. The molecule has 2 aliphatic rings. The fourth-order valence-electron chi connectivity index (χ4n) is 2.56. The second-order valence-corrected chi connectivity index (χ2v) is 5.35. The maximum atomic E-state index is 12.3. The quantitative estimate of drug-likeness (QED) is 0.703. The van der Waals surface area contributed by atoms with Crippen molar-refractivity contribution >= 4 is 17.5 Å². The summed E-state index contributed by atoms with van der Waals surface area (Å²) in [5, 5.41) is 0. The first-order valence-electron chi connectivity index (χ1n) is 6.22. The summed E-state index contributed by atoms with van der Waals surface area (Å²) in [5.74, 6) is 0.650. The molecule has 2 rings (SSSR count). The van der Waals surface area contributed by atoms with Gasteiger partial charge in [0.05, 0.1) is 36.7 Å². The van der Waals surface area contributed by atoms with E-state index in [1.54, 1.807) is 0 Å². The molecule has 4 atom stereocenters. The molecule has 4 nitrogen and oxygen atoms in total. The largest absolute Gasteiger partial charge is 0.378 e. The van der Waals surface area contributed by atoms with Crippen molar-refractivity contribution in [1.82, 2.24) is 4.90 Å². The third kappa shape index (κ3) is 3.12. The van der Waals surface area contributed by atoms with Crippen LogP contribution in [0.1, 0.15) is 20.3 Å². The average Bonchev–Trinajstić information content (AvgIpc) is 2.74. The molecule has 4 unspecified atom stereocenters. The monoisotopic (exact) mass is 261 g/mol. The van der Waals surface area contributed by atoms with E-state index in [1.807, 2.05) is 18.7 Å². The molecule has 2 fully saturated rings. The summed E-state index contributed by atoms with van der Waals surface area (Å²) >= 11 is 5.81. The van der Waals surface area contributed by atoms with E-state index in [0.29, 0.717) is 25.6 Å². The minimum absolute atomic E-state index is 0.0197. The van der Waals surface area contributed by atoms with E-state index in [1.165, 1.54) is 0 Å². The van der Waals surface area contributed by atoms with E-state index >= 15 is 0 Å². The normalized spacial score (nSPS) is 38.4. The van der Waals surface area contributed by atoms with E-state index in [2.05, 4.69) is 0 Å². The number of ether oxygens (including phenoxy) is 2. The number of alkyl halides is 1. The van der Waals surface area contributed by atoms with Gasteiger partial charge in [0, 0.05) is 13.1 Å². The Kier molecular flexibility index (Phi) is 4.28. The number of morpholine rings is 1. The highest BCUT2D eigenvalue weighted by Gasteiger charge is 2.35. The van der Waals surface area contributed by atoms with Crippen LogP contribution in [-0.4, -0.2) is 54.7 Å². The van der Waals surface area contributed by atoms with Gasteiger partial charge in [-0.2, -0.15) is 0 Å². The Morgan fingerprint density at radius 2 is 2.12 bits per heavy atom. The summed E-state index contributed by atoms with van der Waals surface area (Å²) in [4.78, 5) is 14.2. The summed E-state index contributed by atoms with van der Waals surface area (Å²) in [7, 11) is 0. The number of amides is 1. The molecule has 2 aliphatic heterocycles. The molecule has 0 saturated carbocycles. The molecule has 0 aromatic carbocycles. The predicted molar refractivity (Wildman–Crippen MR) is 65.2 cm³/mol. The van der Waals surface area contributed by atoms with E-state index in [-0.39, 0.29) is 30.1 Å². The van der Waals surface area contributed by atoms with Gasteiger partial charge in [-0.3, -0.25) is 4.79 Å². The lowest BCUT2D eigenvalue weighted by molar-refractivity contribution is -0.147. The first-order valence-corrected chi connectivity index (χ1v) is 6.75. The molecular weight excluding hydrogens is 242 g/mol. The highest BCUT2D eigenvalue weighted by molar-refractivity contribution is 6.18. The van der Waals surface area contributed by atoms with Crippen molar-refractivity contribution in [2.24, 2.45) is 5.92 Å². The lowest BCUT2D eigenvalue weighted by atomic mass is 10.0. The molecule has 0 N–H and O–H groups in total. The molecule has 2 heterocycles. The summed E-state index contributed by atoms with van der Waals surface area (Å²) in [6.07, 6.45) is 1.06. The summed E-state index contributed by atoms with van der Waals surface area (Å²) in [5.41, 5.74) is 0. The number of carbonyl (C=O) groups excluding carboxylic acids is 1. The van der Waals surface area contributed by atoms with Gasteiger partial charge in [-0.25, -0.2) is 0 Å². The minimum atomic E-state index is -0.0379. The second kappa shape index (κ2) is 5.55. The number of halogens is 1. The van der Waals surface area contributed by atoms with Gasteiger partial charge in [0.2, 0.25) is 5.91 Å². The van der Waals surface area contributed by atoms with Crippen molar-refractivity contribution in [1.29, 1.82) is 0 Å². The molecule has 0 spiro atoms. The highest BCUT2D eigenvalue weighted by atomic mass is 35.5. The van der Waals surface area contributed by atoms with Crippen LogP contribution in [0.4, 0.5) is 0 Å². The standard InChI is InChI=1S/C12H20ClNO3/c1-8-3-10(7-16-8)12(15)14-5-9(2)17-11(4-13)6-14/h8-11H,3-7H2,1-2H3. The van der Waals surface area contributed by atoms with Crippen LogP contribution in [0.3, 0.4) is 0 Å². The summed E-state index contributed by atoms with van der Waals surface area (Å²) in [6, 6.07) is 0.